The van der Waals surface area contributed by atoms with Crippen LogP contribution in [0.2, 0.25) is 0 Å². The number of aromatic nitrogens is 1. The Balaban J connectivity index is 1.88. The molecule has 0 radical (unpaired) electrons. The maximum absolute atomic E-state index is 12.9. The highest BCUT2D eigenvalue weighted by Crippen LogP contribution is 2.22. The van der Waals surface area contributed by atoms with Crippen LogP contribution in [0.3, 0.4) is 0 Å². The molecule has 3 rings (SSSR count). The van der Waals surface area contributed by atoms with Crippen molar-refractivity contribution in [1.29, 1.82) is 0 Å². The van der Waals surface area contributed by atoms with E-state index < -0.39 is 0 Å². The molecular weight excluding hydrogens is 464 g/mol. The van der Waals surface area contributed by atoms with Gasteiger partial charge in [0, 0.05) is 23.2 Å². The summed E-state index contributed by atoms with van der Waals surface area (Å²) in [5, 5.41) is 0. The molecule has 5 nitrogen and oxygen atoms in total. The number of thiazole rings is 1. The smallest absolute Gasteiger partial charge is 0.279 e. The van der Waals surface area contributed by atoms with Gasteiger partial charge in [-0.25, -0.2) is 0 Å². The molecule has 1 heterocycles. The van der Waals surface area contributed by atoms with Crippen LogP contribution in [0.5, 0.6) is 5.75 Å². The van der Waals surface area contributed by atoms with Crippen molar-refractivity contribution in [3.05, 3.63) is 57.3 Å². The summed E-state index contributed by atoms with van der Waals surface area (Å²) in [6.45, 7) is 6.66. The molecule has 7 heteroatoms. The Morgan fingerprint density at radius 2 is 2.00 bits per heavy atom. The van der Waals surface area contributed by atoms with Gasteiger partial charge in [0.2, 0.25) is 0 Å². The van der Waals surface area contributed by atoms with Crippen LogP contribution in [0.15, 0.2) is 51.9 Å². The highest BCUT2D eigenvalue weighted by Gasteiger charge is 2.11. The fourth-order valence-electron chi connectivity index (χ4n) is 3.06. The number of carbonyl (C=O) groups is 1. The molecule has 1 amide bonds. The molecule has 2 aromatic carbocycles. The van der Waals surface area contributed by atoms with Crippen molar-refractivity contribution in [2.24, 2.45) is 4.99 Å². The van der Waals surface area contributed by atoms with Crippen LogP contribution in [0, 0.1) is 0 Å². The first-order valence-electron chi connectivity index (χ1n) is 10.3. The van der Waals surface area contributed by atoms with Gasteiger partial charge in [-0.3, -0.25) is 4.79 Å². The number of hydrogen-bond acceptors (Lipinski definition) is 4. The van der Waals surface area contributed by atoms with Gasteiger partial charge in [-0.2, -0.15) is 4.99 Å². The summed E-state index contributed by atoms with van der Waals surface area (Å²) in [6.07, 6.45) is 3.30. The van der Waals surface area contributed by atoms with Gasteiger partial charge < -0.3 is 14.0 Å². The maximum atomic E-state index is 12.9. The van der Waals surface area contributed by atoms with E-state index >= 15 is 0 Å². The predicted octanol–water partition coefficient (Wildman–Crippen LogP) is 5.81. The van der Waals surface area contributed by atoms with Crippen LogP contribution in [0.1, 0.15) is 43.5 Å². The van der Waals surface area contributed by atoms with Gasteiger partial charge in [0.25, 0.3) is 5.91 Å². The van der Waals surface area contributed by atoms with Crippen molar-refractivity contribution in [1.82, 2.24) is 4.57 Å². The van der Waals surface area contributed by atoms with E-state index in [1.54, 1.807) is 12.1 Å². The lowest BCUT2D eigenvalue weighted by atomic mass is 10.2. The Labute approximate surface area is 189 Å². The lowest BCUT2D eigenvalue weighted by molar-refractivity contribution is 0.0996. The molecule has 160 valence electrons. The monoisotopic (exact) mass is 490 g/mol. The van der Waals surface area contributed by atoms with Gasteiger partial charge in [-0.1, -0.05) is 53.1 Å². The number of ether oxygens (including phenoxy) is 2. The molecule has 0 aliphatic rings. The van der Waals surface area contributed by atoms with Crippen molar-refractivity contribution in [3.63, 3.8) is 0 Å². The van der Waals surface area contributed by atoms with Crippen LogP contribution in [-0.2, 0) is 11.3 Å². The zero-order chi connectivity index (χ0) is 21.3. The lowest BCUT2D eigenvalue weighted by Gasteiger charge is -2.07. The summed E-state index contributed by atoms with van der Waals surface area (Å²) >= 11 is 5.02. The summed E-state index contributed by atoms with van der Waals surface area (Å²) in [5.74, 6) is 0.432. The van der Waals surface area contributed by atoms with E-state index in [0.717, 1.165) is 34.0 Å². The number of benzene rings is 2. The van der Waals surface area contributed by atoms with E-state index in [1.165, 1.54) is 11.3 Å². The molecule has 0 atom stereocenters. The van der Waals surface area contributed by atoms with E-state index in [0.29, 0.717) is 42.5 Å². The summed E-state index contributed by atoms with van der Waals surface area (Å²) in [7, 11) is 0. The summed E-state index contributed by atoms with van der Waals surface area (Å²) < 4.78 is 15.4. The molecule has 0 fully saturated rings. The van der Waals surface area contributed by atoms with Crippen molar-refractivity contribution < 1.29 is 14.3 Å². The molecule has 0 saturated heterocycles. The standard InChI is InChI=1S/C23H27BrN2O3S/c1-3-5-6-13-29-19-9-7-8-17(15-19)22(27)25-23-26(12-14-28-4-2)20-11-10-18(24)16-21(20)30-23/h7-11,15-16H,3-6,12-14H2,1-2H3. The van der Waals surface area contributed by atoms with Crippen molar-refractivity contribution in [2.45, 2.75) is 39.7 Å². The highest BCUT2D eigenvalue weighted by atomic mass is 79.9. The van der Waals surface area contributed by atoms with E-state index in [2.05, 4.69) is 27.8 Å². The number of rotatable bonds is 10. The van der Waals surface area contributed by atoms with Gasteiger partial charge in [0.1, 0.15) is 5.75 Å². The third-order valence-electron chi connectivity index (χ3n) is 4.60. The van der Waals surface area contributed by atoms with E-state index in [1.807, 2.05) is 41.8 Å². The average Bonchev–Trinajstić information content (AvgIpc) is 3.07. The minimum absolute atomic E-state index is 0.273. The van der Waals surface area contributed by atoms with Gasteiger partial charge in [-0.05, 0) is 49.7 Å². The van der Waals surface area contributed by atoms with Crippen LogP contribution in [0.4, 0.5) is 0 Å². The Morgan fingerprint density at radius 1 is 1.13 bits per heavy atom. The van der Waals surface area contributed by atoms with Crippen molar-refractivity contribution >= 4 is 43.4 Å². The molecule has 3 aromatic rings. The molecule has 1 aromatic heterocycles. The average molecular weight is 491 g/mol. The minimum atomic E-state index is -0.273. The van der Waals surface area contributed by atoms with Crippen LogP contribution >= 0.6 is 27.3 Å². The Bertz CT molecular complexity index is 1060. The van der Waals surface area contributed by atoms with Crippen molar-refractivity contribution in [2.75, 3.05) is 19.8 Å². The van der Waals surface area contributed by atoms with Crippen LogP contribution in [0.25, 0.3) is 10.2 Å². The first-order chi connectivity index (χ1) is 14.6. The maximum Gasteiger partial charge on any atom is 0.279 e. The molecule has 0 aliphatic heterocycles. The molecule has 0 saturated carbocycles. The highest BCUT2D eigenvalue weighted by molar-refractivity contribution is 9.10. The fourth-order valence-corrected chi connectivity index (χ4v) is 4.67. The molecule has 0 N–H and O–H groups in total. The number of nitrogens with zero attached hydrogens (tertiary/aromatic N) is 2. The normalized spacial score (nSPS) is 11.9. The number of amides is 1. The summed E-state index contributed by atoms with van der Waals surface area (Å²) in [4.78, 5) is 18.0. The second-order valence-corrected chi connectivity index (χ2v) is 8.77. The Kier molecular flexibility index (Phi) is 8.66. The van der Waals surface area contributed by atoms with E-state index in [-0.39, 0.29) is 5.91 Å². The van der Waals surface area contributed by atoms with E-state index in [9.17, 15) is 4.79 Å². The number of unbranched alkanes of at least 4 members (excludes halogenated alkanes) is 2. The third-order valence-corrected chi connectivity index (χ3v) is 6.14. The van der Waals surface area contributed by atoms with Crippen LogP contribution < -0.4 is 9.54 Å². The second kappa shape index (κ2) is 11.4. The predicted molar refractivity (Wildman–Crippen MR) is 125 cm³/mol. The van der Waals surface area contributed by atoms with Gasteiger partial charge in [-0.15, -0.1) is 0 Å². The van der Waals surface area contributed by atoms with Crippen molar-refractivity contribution in [3.8, 4) is 5.75 Å². The molecular formula is C23H27BrN2O3S. The molecule has 0 unspecified atom stereocenters. The Hall–Kier alpha value is -1.96. The zero-order valence-electron chi connectivity index (χ0n) is 17.4. The zero-order valence-corrected chi connectivity index (χ0v) is 19.8. The van der Waals surface area contributed by atoms with Gasteiger partial charge >= 0.3 is 0 Å². The number of hydrogen-bond donors (Lipinski definition) is 0. The van der Waals surface area contributed by atoms with Gasteiger partial charge in [0.05, 0.1) is 23.4 Å². The topological polar surface area (TPSA) is 52.8 Å². The lowest BCUT2D eigenvalue weighted by Crippen LogP contribution is -2.19. The minimum Gasteiger partial charge on any atom is -0.494 e. The molecule has 0 aliphatic carbocycles. The molecule has 0 bridgehead atoms. The molecule has 0 spiro atoms. The second-order valence-electron chi connectivity index (χ2n) is 6.85. The fraction of sp³-hybridized carbons (Fsp3) is 0.391. The first-order valence-corrected chi connectivity index (χ1v) is 11.9. The van der Waals surface area contributed by atoms with Gasteiger partial charge in [0.15, 0.2) is 4.80 Å². The largest absolute Gasteiger partial charge is 0.494 e. The SMILES string of the molecule is CCCCCOc1cccc(C(=O)N=c2sc3cc(Br)ccc3n2CCOCC)c1. The number of carbonyl (C=O) groups excluding carboxylic acids is 1. The quantitative estimate of drug-likeness (QED) is 0.336. The number of fused-ring (bicyclic) bond motifs is 1. The summed E-state index contributed by atoms with van der Waals surface area (Å²) in [5.41, 5.74) is 1.57. The summed E-state index contributed by atoms with van der Waals surface area (Å²) in [6, 6.07) is 13.3. The Morgan fingerprint density at radius 3 is 2.80 bits per heavy atom. The third kappa shape index (κ3) is 6.03. The first kappa shape index (κ1) is 22.7. The van der Waals surface area contributed by atoms with E-state index in [4.69, 9.17) is 9.47 Å². The number of halogens is 1. The molecule has 30 heavy (non-hydrogen) atoms. The van der Waals surface area contributed by atoms with Crippen LogP contribution in [-0.4, -0.2) is 30.3 Å².